The van der Waals surface area contributed by atoms with E-state index in [0.717, 1.165) is 18.5 Å². The van der Waals surface area contributed by atoms with Crippen LogP contribution in [0.4, 0.5) is 8.78 Å². The van der Waals surface area contributed by atoms with Gasteiger partial charge in [0.05, 0.1) is 0 Å². The molecule has 1 aromatic rings. The number of hydrogen-bond acceptors (Lipinski definition) is 2. The predicted octanol–water partition coefficient (Wildman–Crippen LogP) is 3.50. The maximum atomic E-state index is 12.8. The Bertz CT molecular complexity index is 409. The number of alkyl halides is 2. The van der Waals surface area contributed by atoms with Crippen LogP contribution in [0.3, 0.4) is 0 Å². The van der Waals surface area contributed by atoms with Gasteiger partial charge in [0.15, 0.2) is 0 Å². The van der Waals surface area contributed by atoms with E-state index in [4.69, 9.17) is 5.73 Å². The summed E-state index contributed by atoms with van der Waals surface area (Å²) in [5, 5.41) is 0. The van der Waals surface area contributed by atoms with Gasteiger partial charge < -0.3 is 5.73 Å². The fourth-order valence-corrected chi connectivity index (χ4v) is 3.07. The molecule has 2 rings (SSSR count). The Labute approximate surface area is 113 Å². The Morgan fingerprint density at radius 2 is 2.11 bits per heavy atom. The molecule has 0 aromatic heterocycles. The molecule has 1 heterocycles. The molecule has 0 spiro atoms. The first-order valence-electron chi connectivity index (χ1n) is 7.01. The summed E-state index contributed by atoms with van der Waals surface area (Å²) in [6.07, 6.45) is 1.02. The second-order valence-corrected chi connectivity index (χ2v) is 5.16. The lowest BCUT2D eigenvalue weighted by Gasteiger charge is -2.32. The van der Waals surface area contributed by atoms with Crippen molar-refractivity contribution in [2.75, 3.05) is 13.1 Å². The van der Waals surface area contributed by atoms with Crippen molar-refractivity contribution in [3.8, 4) is 0 Å². The smallest absolute Gasteiger partial charge is 0.263 e. The minimum atomic E-state index is -2.42. The topological polar surface area (TPSA) is 29.3 Å². The lowest BCUT2D eigenvalue weighted by molar-refractivity contribution is 0.150. The first-order chi connectivity index (χ1) is 9.17. The fraction of sp³-hybridized carbons (Fsp3) is 0.600. The average molecular weight is 268 g/mol. The van der Waals surface area contributed by atoms with E-state index in [1.807, 2.05) is 6.07 Å². The van der Waals surface area contributed by atoms with Gasteiger partial charge in [0, 0.05) is 24.2 Å². The second kappa shape index (κ2) is 6.44. The summed E-state index contributed by atoms with van der Waals surface area (Å²) in [6, 6.07) is 7.29. The van der Waals surface area contributed by atoms with E-state index in [1.165, 1.54) is 18.9 Å². The third-order valence-electron chi connectivity index (χ3n) is 4.06. The Balaban J connectivity index is 2.23. The Kier molecular flexibility index (Phi) is 4.88. The van der Waals surface area contributed by atoms with Gasteiger partial charge in [-0.05, 0) is 37.4 Å². The summed E-state index contributed by atoms with van der Waals surface area (Å²) < 4.78 is 25.6. The van der Waals surface area contributed by atoms with E-state index >= 15 is 0 Å². The maximum absolute atomic E-state index is 12.8. The predicted molar refractivity (Wildman–Crippen MR) is 73.2 cm³/mol. The highest BCUT2D eigenvalue weighted by Crippen LogP contribution is 2.31. The summed E-state index contributed by atoms with van der Waals surface area (Å²) in [7, 11) is 0. The van der Waals surface area contributed by atoms with Gasteiger partial charge in [-0.2, -0.15) is 0 Å². The van der Waals surface area contributed by atoms with Crippen LogP contribution in [0.2, 0.25) is 0 Å². The highest BCUT2D eigenvalue weighted by Gasteiger charge is 2.29. The summed E-state index contributed by atoms with van der Waals surface area (Å²) in [5.74, 6) is 0. The summed E-state index contributed by atoms with van der Waals surface area (Å²) >= 11 is 0. The van der Waals surface area contributed by atoms with Crippen LogP contribution in [0, 0.1) is 0 Å². The maximum Gasteiger partial charge on any atom is 0.263 e. The van der Waals surface area contributed by atoms with Gasteiger partial charge in [-0.3, -0.25) is 4.90 Å². The third kappa shape index (κ3) is 3.12. The van der Waals surface area contributed by atoms with E-state index in [-0.39, 0.29) is 11.6 Å². The molecule has 106 valence electrons. The molecule has 1 aromatic carbocycles. The zero-order chi connectivity index (χ0) is 13.8. The number of nitrogens with two attached hydrogens (primary N) is 1. The molecule has 1 aliphatic rings. The van der Waals surface area contributed by atoms with Crippen LogP contribution in [0.5, 0.6) is 0 Å². The van der Waals surface area contributed by atoms with E-state index in [9.17, 15) is 8.78 Å². The quantitative estimate of drug-likeness (QED) is 0.885. The third-order valence-corrected chi connectivity index (χ3v) is 4.06. The molecule has 2 atom stereocenters. The molecular formula is C15H22F2N2. The molecule has 0 radical (unpaired) electrons. The van der Waals surface area contributed by atoms with Crippen molar-refractivity contribution < 1.29 is 8.78 Å². The van der Waals surface area contributed by atoms with Crippen LogP contribution in [0.1, 0.15) is 49.8 Å². The molecule has 0 aliphatic carbocycles. The number of nitrogens with zero attached hydrogens (tertiary/aromatic N) is 1. The second-order valence-electron chi connectivity index (χ2n) is 5.16. The largest absolute Gasteiger partial charge is 0.329 e. The number of rotatable bonds is 5. The molecule has 1 fully saturated rings. The Morgan fingerprint density at radius 1 is 1.37 bits per heavy atom. The molecule has 1 aliphatic heterocycles. The van der Waals surface area contributed by atoms with Crippen LogP contribution < -0.4 is 5.73 Å². The van der Waals surface area contributed by atoms with E-state index < -0.39 is 6.43 Å². The fourth-order valence-electron chi connectivity index (χ4n) is 3.07. The van der Waals surface area contributed by atoms with Crippen LogP contribution in [0.15, 0.2) is 24.3 Å². The molecule has 0 saturated carbocycles. The van der Waals surface area contributed by atoms with E-state index in [2.05, 4.69) is 11.8 Å². The lowest BCUT2D eigenvalue weighted by Crippen LogP contribution is -2.37. The van der Waals surface area contributed by atoms with Crippen molar-refractivity contribution in [1.82, 2.24) is 4.90 Å². The van der Waals surface area contributed by atoms with Crippen molar-refractivity contribution in [3.63, 3.8) is 0 Å². The van der Waals surface area contributed by atoms with Gasteiger partial charge in [0.2, 0.25) is 0 Å². The van der Waals surface area contributed by atoms with Gasteiger partial charge in [-0.25, -0.2) is 8.78 Å². The van der Waals surface area contributed by atoms with E-state index in [0.29, 0.717) is 12.6 Å². The van der Waals surface area contributed by atoms with E-state index in [1.54, 1.807) is 12.1 Å². The SMILES string of the molecule is CCC1CCCN1C(CN)c1cccc(C(F)F)c1. The number of halogens is 2. The average Bonchev–Trinajstić information content (AvgIpc) is 2.88. The molecule has 19 heavy (non-hydrogen) atoms. The summed E-state index contributed by atoms with van der Waals surface area (Å²) in [5.41, 5.74) is 6.90. The van der Waals surface area contributed by atoms with Crippen LogP contribution in [-0.2, 0) is 0 Å². The highest BCUT2D eigenvalue weighted by molar-refractivity contribution is 5.27. The van der Waals surface area contributed by atoms with Gasteiger partial charge >= 0.3 is 0 Å². The van der Waals surface area contributed by atoms with Crippen LogP contribution >= 0.6 is 0 Å². The van der Waals surface area contributed by atoms with Gasteiger partial charge in [-0.1, -0.05) is 25.1 Å². The molecule has 2 nitrogen and oxygen atoms in total. The van der Waals surface area contributed by atoms with Crippen LogP contribution in [0.25, 0.3) is 0 Å². The monoisotopic (exact) mass is 268 g/mol. The molecule has 0 amide bonds. The molecular weight excluding hydrogens is 246 g/mol. The minimum Gasteiger partial charge on any atom is -0.329 e. The van der Waals surface area contributed by atoms with Gasteiger partial charge in [0.1, 0.15) is 0 Å². The van der Waals surface area contributed by atoms with Crippen molar-refractivity contribution in [1.29, 1.82) is 0 Å². The number of benzene rings is 1. The Morgan fingerprint density at radius 3 is 2.74 bits per heavy atom. The zero-order valence-corrected chi connectivity index (χ0v) is 11.4. The zero-order valence-electron chi connectivity index (χ0n) is 11.4. The van der Waals surface area contributed by atoms with Gasteiger partial charge in [0.25, 0.3) is 6.43 Å². The molecule has 0 bridgehead atoms. The number of hydrogen-bond donors (Lipinski definition) is 1. The van der Waals surface area contributed by atoms with Gasteiger partial charge in [-0.15, -0.1) is 0 Å². The molecule has 2 N–H and O–H groups in total. The van der Waals surface area contributed by atoms with Crippen molar-refractivity contribution in [2.45, 2.75) is 44.7 Å². The first kappa shape index (κ1) is 14.4. The van der Waals surface area contributed by atoms with Crippen molar-refractivity contribution in [2.24, 2.45) is 5.73 Å². The normalized spacial score (nSPS) is 22.1. The van der Waals surface area contributed by atoms with Crippen molar-refractivity contribution >= 4 is 0 Å². The van der Waals surface area contributed by atoms with Crippen molar-refractivity contribution in [3.05, 3.63) is 35.4 Å². The Hall–Kier alpha value is -1.00. The summed E-state index contributed by atoms with van der Waals surface area (Å²) in [6.45, 7) is 3.66. The first-order valence-corrected chi connectivity index (χ1v) is 7.01. The molecule has 4 heteroatoms. The minimum absolute atomic E-state index is 0.0612. The molecule has 1 saturated heterocycles. The van der Waals surface area contributed by atoms with Crippen LogP contribution in [-0.4, -0.2) is 24.0 Å². The molecule has 2 unspecified atom stereocenters. The highest BCUT2D eigenvalue weighted by atomic mass is 19.3. The summed E-state index contributed by atoms with van der Waals surface area (Å²) in [4.78, 5) is 2.38. The number of likely N-dealkylation sites (tertiary alicyclic amines) is 1. The standard InChI is InChI=1S/C15H22F2N2/c1-2-13-7-4-8-19(13)14(10-18)11-5-3-6-12(9-11)15(16)17/h3,5-6,9,13-15H,2,4,7-8,10,18H2,1H3. The lowest BCUT2D eigenvalue weighted by atomic mass is 10.0.